The van der Waals surface area contributed by atoms with Gasteiger partial charge in [0.05, 0.1) is 32.0 Å². The lowest BCUT2D eigenvalue weighted by Crippen LogP contribution is -2.60. The van der Waals surface area contributed by atoms with Crippen LogP contribution < -0.4 is 5.32 Å². The average molecular weight is 1230 g/mol. The molecule has 1 amide bonds. The molecule has 0 bridgehead atoms. The van der Waals surface area contributed by atoms with Gasteiger partial charge in [0, 0.05) is 12.8 Å². The van der Waals surface area contributed by atoms with Gasteiger partial charge in [0.25, 0.3) is 0 Å². The van der Waals surface area contributed by atoms with Crippen LogP contribution in [-0.4, -0.2) is 100 Å². The summed E-state index contributed by atoms with van der Waals surface area (Å²) in [6.07, 6.45) is 76.8. The number of hydrogen-bond acceptors (Lipinski definition) is 10. The predicted octanol–water partition coefficient (Wildman–Crippen LogP) is 19.3. The number of ether oxygens (including phenoxy) is 3. The number of esters is 1. The Hall–Kier alpha value is -2.64. The molecule has 11 nitrogen and oxygen atoms in total. The Kier molecular flexibility index (Phi) is 61.4. The third kappa shape index (κ3) is 53.7. The Morgan fingerprint density at radius 1 is 0.425 bits per heavy atom. The second kappa shape index (κ2) is 64.9. The highest BCUT2D eigenvalue weighted by atomic mass is 16.7. The van der Waals surface area contributed by atoms with Crippen molar-refractivity contribution in [3.05, 3.63) is 60.8 Å². The Morgan fingerprint density at radius 2 is 0.782 bits per heavy atom. The van der Waals surface area contributed by atoms with Gasteiger partial charge in [0.2, 0.25) is 5.91 Å². The molecule has 0 aromatic rings. The van der Waals surface area contributed by atoms with Crippen LogP contribution in [0.5, 0.6) is 0 Å². The highest BCUT2D eigenvalue weighted by Crippen LogP contribution is 2.23. The molecule has 0 spiro atoms. The largest absolute Gasteiger partial charge is 0.466 e. The molecule has 11 heteroatoms. The minimum atomic E-state index is -1.58. The molecule has 6 N–H and O–H groups in total. The number of hydrogen-bond donors (Lipinski definition) is 6. The van der Waals surface area contributed by atoms with Crippen LogP contribution in [0.4, 0.5) is 0 Å². The summed E-state index contributed by atoms with van der Waals surface area (Å²) in [6, 6.07) is -0.827. The lowest BCUT2D eigenvalue weighted by atomic mass is 9.99. The van der Waals surface area contributed by atoms with Crippen molar-refractivity contribution in [2.75, 3.05) is 19.8 Å². The maximum absolute atomic E-state index is 13.0. The van der Waals surface area contributed by atoms with Gasteiger partial charge in [-0.15, -0.1) is 0 Å². The van der Waals surface area contributed by atoms with Crippen LogP contribution in [0.15, 0.2) is 60.8 Å². The summed E-state index contributed by atoms with van der Waals surface area (Å²) in [4.78, 5) is 25.1. The molecule has 508 valence electrons. The first kappa shape index (κ1) is 82.4. The third-order valence-corrected chi connectivity index (χ3v) is 17.3. The summed E-state index contributed by atoms with van der Waals surface area (Å²) < 4.78 is 16.7. The molecule has 7 unspecified atom stereocenters. The number of aliphatic hydroxyl groups is 5. The van der Waals surface area contributed by atoms with Crippen molar-refractivity contribution in [2.24, 2.45) is 0 Å². The highest BCUT2D eigenvalue weighted by molar-refractivity contribution is 5.76. The first-order valence-corrected chi connectivity index (χ1v) is 37.1. The smallest absolute Gasteiger partial charge is 0.305 e. The van der Waals surface area contributed by atoms with E-state index in [4.69, 9.17) is 14.2 Å². The number of allylic oxidation sites excluding steroid dienone is 9. The SMILES string of the molecule is CCCCC/C=C/CC/C=C/C(O)C(COC1OC(CO)C(O)C(O)C1O)NC(=O)CCCCCCCCCCCCCCCCC/C=C\C/C=C\CCCCCCCCCCCOC(=O)CCCCCCCCCCC/C=C\CCCCCCCC. The van der Waals surface area contributed by atoms with Crippen molar-refractivity contribution >= 4 is 11.9 Å². The molecule has 0 radical (unpaired) electrons. The first-order valence-electron chi connectivity index (χ1n) is 37.1. The van der Waals surface area contributed by atoms with Crippen LogP contribution in [0, 0.1) is 0 Å². The molecular weight excluding hydrogens is 1090 g/mol. The number of carbonyl (C=O) groups excluding carboxylic acids is 2. The quantitative estimate of drug-likeness (QED) is 0.0195. The molecule has 1 rings (SSSR count). The topological polar surface area (TPSA) is 175 Å². The fourth-order valence-electron chi connectivity index (χ4n) is 11.5. The normalized spacial score (nSPS) is 18.2. The van der Waals surface area contributed by atoms with Gasteiger partial charge in [-0.05, 0) is 103 Å². The molecule has 1 aliphatic heterocycles. The lowest BCUT2D eigenvalue weighted by Gasteiger charge is -2.40. The molecule has 7 atom stereocenters. The Bertz CT molecular complexity index is 1630. The van der Waals surface area contributed by atoms with Crippen LogP contribution in [0.3, 0.4) is 0 Å². The molecular formula is C76H139NO10. The van der Waals surface area contributed by atoms with Gasteiger partial charge in [-0.1, -0.05) is 293 Å². The predicted molar refractivity (Wildman–Crippen MR) is 366 cm³/mol. The second-order valence-electron chi connectivity index (χ2n) is 25.6. The fraction of sp³-hybridized carbons (Fsp3) is 0.842. The summed E-state index contributed by atoms with van der Waals surface area (Å²) in [5, 5.41) is 54.3. The summed E-state index contributed by atoms with van der Waals surface area (Å²) in [5.41, 5.74) is 0. The van der Waals surface area contributed by atoms with Crippen LogP contribution in [0.2, 0.25) is 0 Å². The maximum atomic E-state index is 13.0. The minimum absolute atomic E-state index is 0.00453. The van der Waals surface area contributed by atoms with Crippen LogP contribution in [-0.2, 0) is 23.8 Å². The van der Waals surface area contributed by atoms with E-state index in [-0.39, 0.29) is 18.5 Å². The summed E-state index contributed by atoms with van der Waals surface area (Å²) >= 11 is 0. The van der Waals surface area contributed by atoms with Gasteiger partial charge in [-0.3, -0.25) is 9.59 Å². The third-order valence-electron chi connectivity index (χ3n) is 17.3. The summed E-state index contributed by atoms with van der Waals surface area (Å²) in [6.45, 7) is 4.29. The molecule has 1 aliphatic rings. The van der Waals surface area contributed by atoms with Crippen molar-refractivity contribution in [3.63, 3.8) is 0 Å². The van der Waals surface area contributed by atoms with Gasteiger partial charge in [0.15, 0.2) is 6.29 Å². The molecule has 1 saturated heterocycles. The van der Waals surface area contributed by atoms with Gasteiger partial charge in [-0.25, -0.2) is 0 Å². The van der Waals surface area contributed by atoms with E-state index in [0.29, 0.717) is 19.4 Å². The summed E-state index contributed by atoms with van der Waals surface area (Å²) in [7, 11) is 0. The monoisotopic (exact) mass is 1230 g/mol. The van der Waals surface area contributed by atoms with Crippen molar-refractivity contribution in [3.8, 4) is 0 Å². The summed E-state index contributed by atoms with van der Waals surface area (Å²) in [5.74, 6) is -0.189. The van der Waals surface area contributed by atoms with E-state index in [2.05, 4.69) is 67.8 Å². The van der Waals surface area contributed by atoms with Gasteiger partial charge in [-0.2, -0.15) is 0 Å². The lowest BCUT2D eigenvalue weighted by molar-refractivity contribution is -0.302. The molecule has 87 heavy (non-hydrogen) atoms. The Morgan fingerprint density at radius 3 is 1.23 bits per heavy atom. The van der Waals surface area contributed by atoms with Crippen molar-refractivity contribution < 1.29 is 49.3 Å². The molecule has 1 fully saturated rings. The zero-order valence-electron chi connectivity index (χ0n) is 56.5. The van der Waals surface area contributed by atoms with Gasteiger partial charge < -0.3 is 45.1 Å². The van der Waals surface area contributed by atoms with Crippen molar-refractivity contribution in [1.29, 1.82) is 0 Å². The minimum Gasteiger partial charge on any atom is -0.466 e. The zero-order chi connectivity index (χ0) is 63.0. The molecule has 0 aromatic heterocycles. The van der Waals surface area contributed by atoms with E-state index < -0.39 is 49.5 Å². The Labute approximate surface area is 535 Å². The number of carbonyl (C=O) groups is 2. The van der Waals surface area contributed by atoms with Crippen molar-refractivity contribution in [1.82, 2.24) is 5.32 Å². The maximum Gasteiger partial charge on any atom is 0.305 e. The van der Waals surface area contributed by atoms with Crippen LogP contribution >= 0.6 is 0 Å². The van der Waals surface area contributed by atoms with E-state index >= 15 is 0 Å². The Balaban J connectivity index is 1.90. The fourth-order valence-corrected chi connectivity index (χ4v) is 11.5. The molecule has 1 heterocycles. The van der Waals surface area contributed by atoms with Crippen LogP contribution in [0.25, 0.3) is 0 Å². The number of aliphatic hydroxyl groups excluding tert-OH is 5. The number of rotatable bonds is 65. The van der Waals surface area contributed by atoms with Gasteiger partial charge >= 0.3 is 5.97 Å². The van der Waals surface area contributed by atoms with E-state index in [9.17, 15) is 35.1 Å². The van der Waals surface area contributed by atoms with Crippen LogP contribution in [0.1, 0.15) is 348 Å². The molecule has 0 aliphatic carbocycles. The van der Waals surface area contributed by atoms with Gasteiger partial charge in [0.1, 0.15) is 24.4 Å². The molecule has 0 aromatic carbocycles. The standard InChI is InChI=1S/C76H139NO10/c1-3-5-7-9-11-13-14-15-16-17-31-35-38-41-44-48-52-56-60-64-72(81)85-65-61-57-53-49-45-42-39-36-33-30-28-26-24-22-20-18-19-21-23-25-27-29-32-34-37-40-43-47-51-55-59-63-71(80)77-68(69(79)62-58-54-50-46-12-10-8-6-4-2)67-86-76-75(84)74(83)73(82)70(66-78)87-76/h12,15-16,20,22,26,28,46,58,62,68-70,73-76,78-79,82-84H,3-11,13-14,17-19,21,23-25,27,29-45,47-57,59-61,63-67H2,1-2H3,(H,77,80)/b16-15-,22-20-,28-26-,46-12+,62-58+. The highest BCUT2D eigenvalue weighted by Gasteiger charge is 2.44. The van der Waals surface area contributed by atoms with E-state index in [1.807, 2.05) is 6.08 Å². The number of unbranched alkanes of at least 4 members (excludes halogenated alkanes) is 43. The van der Waals surface area contributed by atoms with E-state index in [0.717, 1.165) is 64.2 Å². The number of nitrogens with one attached hydrogen (secondary N) is 1. The van der Waals surface area contributed by atoms with E-state index in [1.54, 1.807) is 6.08 Å². The average Bonchev–Trinajstić information content (AvgIpc) is 3.72. The molecule has 0 saturated carbocycles. The number of amides is 1. The zero-order valence-corrected chi connectivity index (χ0v) is 56.5. The van der Waals surface area contributed by atoms with Crippen molar-refractivity contribution in [2.45, 2.75) is 391 Å². The second-order valence-corrected chi connectivity index (χ2v) is 25.6. The first-order chi connectivity index (χ1) is 42.7. The van der Waals surface area contributed by atoms with E-state index in [1.165, 1.54) is 257 Å².